The average molecular weight is 186 g/mol. The third kappa shape index (κ3) is 5.00. The van der Waals surface area contributed by atoms with Gasteiger partial charge < -0.3 is 10.2 Å². The van der Waals surface area contributed by atoms with Crippen LogP contribution in [-0.4, -0.2) is 22.2 Å². The first kappa shape index (κ1) is 11.7. The van der Waals surface area contributed by atoms with Crippen LogP contribution in [0.1, 0.15) is 26.2 Å². The predicted octanol–water partition coefficient (Wildman–Crippen LogP) is 1.52. The van der Waals surface area contributed by atoms with Crippen LogP contribution >= 0.6 is 0 Å². The summed E-state index contributed by atoms with van der Waals surface area (Å²) in [5, 5.41) is 17.0. The maximum Gasteiger partial charge on any atom is 0.317 e. The van der Waals surface area contributed by atoms with Gasteiger partial charge in [0, 0.05) is 0 Å². The molecule has 74 valence electrons. The minimum atomic E-state index is -1.28. The molecule has 0 rings (SSSR count). The number of hydrogen-bond acceptors (Lipinski definition) is 2. The number of carboxylic acid groups (broad SMARTS) is 2. The van der Waals surface area contributed by atoms with Crippen LogP contribution in [0.25, 0.3) is 0 Å². The second-order valence-corrected chi connectivity index (χ2v) is 2.69. The molecule has 0 radical (unpaired) electrons. The van der Waals surface area contributed by atoms with Gasteiger partial charge in [-0.05, 0) is 19.3 Å². The summed E-state index contributed by atoms with van der Waals surface area (Å²) in [4.78, 5) is 20.8. The maximum absolute atomic E-state index is 10.4. The zero-order chi connectivity index (χ0) is 10.3. The number of hydrogen-bond donors (Lipinski definition) is 2. The molecule has 0 aromatic rings. The van der Waals surface area contributed by atoms with Crippen molar-refractivity contribution >= 4 is 11.9 Å². The van der Waals surface area contributed by atoms with Crippen LogP contribution in [0, 0.1) is 5.92 Å². The molecule has 0 aliphatic rings. The van der Waals surface area contributed by atoms with Crippen molar-refractivity contribution < 1.29 is 19.8 Å². The predicted molar refractivity (Wildman–Crippen MR) is 47.4 cm³/mol. The molecule has 0 heterocycles. The van der Waals surface area contributed by atoms with E-state index in [1.165, 1.54) is 0 Å². The van der Waals surface area contributed by atoms with E-state index >= 15 is 0 Å². The number of aliphatic carboxylic acids is 2. The van der Waals surface area contributed by atoms with E-state index in [0.29, 0.717) is 6.42 Å². The highest BCUT2D eigenvalue weighted by atomic mass is 16.4. The van der Waals surface area contributed by atoms with Crippen molar-refractivity contribution in [3.05, 3.63) is 12.2 Å². The highest BCUT2D eigenvalue weighted by molar-refractivity contribution is 5.92. The molecule has 4 nitrogen and oxygen atoms in total. The first-order valence-corrected chi connectivity index (χ1v) is 4.20. The maximum atomic E-state index is 10.4. The van der Waals surface area contributed by atoms with Crippen molar-refractivity contribution in [3.63, 3.8) is 0 Å². The number of carbonyl (C=O) groups is 2. The first-order chi connectivity index (χ1) is 6.09. The molecule has 0 aromatic carbocycles. The highest BCUT2D eigenvalue weighted by Gasteiger charge is 2.24. The number of allylic oxidation sites excluding steroid dienone is 2. The fourth-order valence-corrected chi connectivity index (χ4v) is 0.900. The Morgan fingerprint density at radius 2 is 1.77 bits per heavy atom. The highest BCUT2D eigenvalue weighted by Crippen LogP contribution is 2.07. The van der Waals surface area contributed by atoms with Crippen LogP contribution in [0.4, 0.5) is 0 Å². The van der Waals surface area contributed by atoms with Gasteiger partial charge >= 0.3 is 11.9 Å². The Hall–Kier alpha value is -1.32. The molecule has 0 unspecified atom stereocenters. The summed E-state index contributed by atoms with van der Waals surface area (Å²) >= 11 is 0. The van der Waals surface area contributed by atoms with Crippen LogP contribution in [0.5, 0.6) is 0 Å². The lowest BCUT2D eigenvalue weighted by Crippen LogP contribution is -2.22. The molecule has 0 bridgehead atoms. The van der Waals surface area contributed by atoms with E-state index in [9.17, 15) is 9.59 Å². The Kier molecular flexibility index (Phi) is 5.59. The molecule has 0 aliphatic heterocycles. The zero-order valence-corrected chi connectivity index (χ0v) is 7.56. The van der Waals surface area contributed by atoms with E-state index in [0.717, 1.165) is 6.42 Å². The van der Waals surface area contributed by atoms with Gasteiger partial charge in [0.1, 0.15) is 0 Å². The molecular formula is C9H14O4. The van der Waals surface area contributed by atoms with Crippen molar-refractivity contribution in [3.8, 4) is 0 Å². The molecule has 2 N–H and O–H groups in total. The normalized spacial score (nSPS) is 10.9. The van der Waals surface area contributed by atoms with Gasteiger partial charge in [-0.1, -0.05) is 19.1 Å². The Labute approximate surface area is 76.9 Å². The topological polar surface area (TPSA) is 74.6 Å². The van der Waals surface area contributed by atoms with E-state index in [4.69, 9.17) is 10.2 Å². The largest absolute Gasteiger partial charge is 0.481 e. The van der Waals surface area contributed by atoms with E-state index in [1.54, 1.807) is 6.08 Å². The van der Waals surface area contributed by atoms with E-state index < -0.39 is 17.9 Å². The molecule has 0 amide bonds. The minimum Gasteiger partial charge on any atom is -0.481 e. The van der Waals surface area contributed by atoms with Crippen LogP contribution in [-0.2, 0) is 9.59 Å². The van der Waals surface area contributed by atoms with Gasteiger partial charge in [-0.3, -0.25) is 9.59 Å². The lowest BCUT2D eigenvalue weighted by atomic mass is 10.0. The lowest BCUT2D eigenvalue weighted by molar-refractivity contribution is -0.154. The van der Waals surface area contributed by atoms with E-state index in [-0.39, 0.29) is 6.42 Å². The van der Waals surface area contributed by atoms with Gasteiger partial charge in [-0.2, -0.15) is 0 Å². The van der Waals surface area contributed by atoms with Gasteiger partial charge in [0.05, 0.1) is 0 Å². The summed E-state index contributed by atoms with van der Waals surface area (Å²) in [5.74, 6) is -3.81. The van der Waals surface area contributed by atoms with Crippen LogP contribution in [0.15, 0.2) is 12.2 Å². The molecule has 0 spiro atoms. The van der Waals surface area contributed by atoms with Crippen molar-refractivity contribution in [2.24, 2.45) is 5.92 Å². The van der Waals surface area contributed by atoms with Crippen molar-refractivity contribution in [2.75, 3.05) is 0 Å². The van der Waals surface area contributed by atoms with Crippen LogP contribution in [0.2, 0.25) is 0 Å². The minimum absolute atomic E-state index is 0.154. The summed E-state index contributed by atoms with van der Waals surface area (Å²) in [6, 6.07) is 0. The quantitative estimate of drug-likeness (QED) is 0.487. The van der Waals surface area contributed by atoms with Crippen molar-refractivity contribution in [1.29, 1.82) is 0 Å². The standard InChI is InChI=1S/C9H14O4/c1-2-3-4-5-6-7(8(10)11)9(12)13/h3-4,7H,2,5-6H2,1H3,(H,10,11)(H,12,13)/b4-3+. The van der Waals surface area contributed by atoms with Crippen LogP contribution < -0.4 is 0 Å². The van der Waals surface area contributed by atoms with Gasteiger partial charge in [0.15, 0.2) is 5.92 Å². The van der Waals surface area contributed by atoms with E-state index in [1.807, 2.05) is 13.0 Å². The molecule has 0 aromatic heterocycles. The molecule has 0 saturated heterocycles. The smallest absolute Gasteiger partial charge is 0.317 e. The molecule has 13 heavy (non-hydrogen) atoms. The molecule has 0 atom stereocenters. The summed E-state index contributed by atoms with van der Waals surface area (Å²) in [6.45, 7) is 1.96. The van der Waals surface area contributed by atoms with Crippen molar-refractivity contribution in [2.45, 2.75) is 26.2 Å². The summed E-state index contributed by atoms with van der Waals surface area (Å²) in [7, 11) is 0. The molecule has 0 saturated carbocycles. The summed E-state index contributed by atoms with van der Waals surface area (Å²) in [6.07, 6.45) is 5.22. The second-order valence-electron chi connectivity index (χ2n) is 2.69. The van der Waals surface area contributed by atoms with Gasteiger partial charge in [0.2, 0.25) is 0 Å². The fraction of sp³-hybridized carbons (Fsp3) is 0.556. The molecule has 4 heteroatoms. The first-order valence-electron chi connectivity index (χ1n) is 4.20. The molecule has 0 aliphatic carbocycles. The van der Waals surface area contributed by atoms with E-state index in [2.05, 4.69) is 0 Å². The third-order valence-electron chi connectivity index (χ3n) is 1.62. The monoisotopic (exact) mass is 186 g/mol. The Bertz CT molecular complexity index is 194. The Balaban J connectivity index is 3.91. The fourth-order valence-electron chi connectivity index (χ4n) is 0.900. The SMILES string of the molecule is CC/C=C/CCC(C(=O)O)C(=O)O. The summed E-state index contributed by atoms with van der Waals surface area (Å²) in [5.41, 5.74) is 0. The number of rotatable bonds is 6. The van der Waals surface area contributed by atoms with Crippen molar-refractivity contribution in [1.82, 2.24) is 0 Å². The summed E-state index contributed by atoms with van der Waals surface area (Å²) < 4.78 is 0. The molecular weight excluding hydrogens is 172 g/mol. The van der Waals surface area contributed by atoms with Gasteiger partial charge in [-0.25, -0.2) is 0 Å². The molecule has 0 fully saturated rings. The number of carboxylic acids is 2. The second kappa shape index (κ2) is 6.22. The average Bonchev–Trinajstić information content (AvgIpc) is 2.02. The van der Waals surface area contributed by atoms with Gasteiger partial charge in [-0.15, -0.1) is 0 Å². The lowest BCUT2D eigenvalue weighted by Gasteiger charge is -2.03. The third-order valence-corrected chi connectivity index (χ3v) is 1.62. The zero-order valence-electron chi connectivity index (χ0n) is 7.56. The Morgan fingerprint density at radius 3 is 2.15 bits per heavy atom. The van der Waals surface area contributed by atoms with Gasteiger partial charge in [0.25, 0.3) is 0 Å². The Morgan fingerprint density at radius 1 is 1.23 bits per heavy atom. The van der Waals surface area contributed by atoms with Crippen LogP contribution in [0.3, 0.4) is 0 Å².